The van der Waals surface area contributed by atoms with E-state index >= 15 is 0 Å². The fraction of sp³-hybridized carbons (Fsp3) is 0.227. The summed E-state index contributed by atoms with van der Waals surface area (Å²) in [6, 6.07) is 17.8. The van der Waals surface area contributed by atoms with Gasteiger partial charge in [0, 0.05) is 18.7 Å². The van der Waals surface area contributed by atoms with Crippen LogP contribution < -0.4 is 9.47 Å². The van der Waals surface area contributed by atoms with Gasteiger partial charge in [-0.25, -0.2) is 0 Å². The highest BCUT2D eigenvalue weighted by Gasteiger charge is 2.22. The van der Waals surface area contributed by atoms with Gasteiger partial charge in [-0.3, -0.25) is 4.79 Å². The van der Waals surface area contributed by atoms with Crippen molar-refractivity contribution in [2.45, 2.75) is 19.4 Å². The Morgan fingerprint density at radius 3 is 2.70 bits per heavy atom. The molecule has 5 nitrogen and oxygen atoms in total. The van der Waals surface area contributed by atoms with Crippen molar-refractivity contribution in [2.24, 2.45) is 0 Å². The molecule has 0 fully saturated rings. The predicted molar refractivity (Wildman–Crippen MR) is 101 cm³/mol. The molecule has 27 heavy (non-hydrogen) atoms. The minimum Gasteiger partial charge on any atom is -0.472 e. The minimum atomic E-state index is -0.0478. The molecular weight excluding hydrogens is 342 g/mol. The molecule has 0 saturated carbocycles. The highest BCUT2D eigenvalue weighted by Crippen LogP contribution is 2.36. The van der Waals surface area contributed by atoms with Crippen LogP contribution in [0.1, 0.15) is 27.9 Å². The Morgan fingerprint density at radius 2 is 1.89 bits per heavy atom. The third-order valence-corrected chi connectivity index (χ3v) is 4.63. The number of fused-ring (bicyclic) bond motifs is 1. The molecule has 0 spiro atoms. The lowest BCUT2D eigenvalue weighted by Crippen LogP contribution is -2.31. The van der Waals surface area contributed by atoms with Crippen LogP contribution in [0.4, 0.5) is 0 Å². The number of hydrogen-bond donors (Lipinski definition) is 0. The summed E-state index contributed by atoms with van der Waals surface area (Å²) in [7, 11) is 0. The van der Waals surface area contributed by atoms with Crippen LogP contribution in [-0.2, 0) is 13.0 Å². The molecule has 4 rings (SSSR count). The third-order valence-electron chi connectivity index (χ3n) is 4.63. The van der Waals surface area contributed by atoms with Gasteiger partial charge in [0.25, 0.3) is 5.91 Å². The maximum atomic E-state index is 12.9. The molecule has 0 aliphatic carbocycles. The highest BCUT2D eigenvalue weighted by atomic mass is 16.7. The first-order chi connectivity index (χ1) is 13.3. The number of nitrogens with zero attached hydrogens (tertiary/aromatic N) is 1. The summed E-state index contributed by atoms with van der Waals surface area (Å²) >= 11 is 0. The second kappa shape index (κ2) is 7.99. The van der Waals surface area contributed by atoms with Crippen LogP contribution in [0.3, 0.4) is 0 Å². The van der Waals surface area contributed by atoms with Crippen LogP contribution >= 0.6 is 0 Å². The van der Waals surface area contributed by atoms with Crippen LogP contribution in [0.2, 0.25) is 0 Å². The number of benzene rings is 2. The smallest absolute Gasteiger partial charge is 0.257 e. The topological polar surface area (TPSA) is 51.9 Å². The maximum absolute atomic E-state index is 12.9. The number of hydrogen-bond acceptors (Lipinski definition) is 4. The van der Waals surface area contributed by atoms with Crippen LogP contribution in [0.15, 0.2) is 71.5 Å². The average molecular weight is 363 g/mol. The quantitative estimate of drug-likeness (QED) is 0.629. The first kappa shape index (κ1) is 17.2. The van der Waals surface area contributed by atoms with E-state index in [-0.39, 0.29) is 12.7 Å². The van der Waals surface area contributed by atoms with E-state index in [0.29, 0.717) is 18.7 Å². The molecular formula is C22H21NO4. The largest absolute Gasteiger partial charge is 0.472 e. The van der Waals surface area contributed by atoms with Crippen LogP contribution in [0.25, 0.3) is 0 Å². The van der Waals surface area contributed by atoms with Gasteiger partial charge in [-0.15, -0.1) is 0 Å². The van der Waals surface area contributed by atoms with Gasteiger partial charge >= 0.3 is 0 Å². The van der Waals surface area contributed by atoms with Crippen molar-refractivity contribution in [1.82, 2.24) is 4.90 Å². The van der Waals surface area contributed by atoms with E-state index in [9.17, 15) is 4.79 Å². The van der Waals surface area contributed by atoms with E-state index < -0.39 is 0 Å². The molecule has 0 atom stereocenters. The Balaban J connectivity index is 1.49. The summed E-state index contributed by atoms with van der Waals surface area (Å²) in [5.41, 5.74) is 2.77. The SMILES string of the molecule is O=C(c1ccoc1)N(CCCc1ccccc1)Cc1cccc2c1OCO2. The molecule has 0 radical (unpaired) electrons. The van der Waals surface area contributed by atoms with Gasteiger partial charge in [0.2, 0.25) is 6.79 Å². The van der Waals surface area contributed by atoms with E-state index in [1.54, 1.807) is 6.07 Å². The van der Waals surface area contributed by atoms with Gasteiger partial charge in [0.05, 0.1) is 11.8 Å². The van der Waals surface area contributed by atoms with Gasteiger partial charge in [0.15, 0.2) is 11.5 Å². The fourth-order valence-electron chi connectivity index (χ4n) is 3.26. The Bertz CT molecular complexity index is 890. The molecule has 0 saturated heterocycles. The number of ether oxygens (including phenoxy) is 2. The maximum Gasteiger partial charge on any atom is 0.257 e. The van der Waals surface area contributed by atoms with E-state index in [1.165, 1.54) is 18.1 Å². The Hall–Kier alpha value is -3.21. The molecule has 0 N–H and O–H groups in total. The first-order valence-electron chi connectivity index (χ1n) is 9.04. The van der Waals surface area contributed by atoms with Gasteiger partial charge < -0.3 is 18.8 Å². The van der Waals surface area contributed by atoms with Gasteiger partial charge in [-0.1, -0.05) is 42.5 Å². The molecule has 2 aromatic carbocycles. The van der Waals surface area contributed by atoms with Crippen molar-refractivity contribution in [3.05, 3.63) is 83.8 Å². The van der Waals surface area contributed by atoms with E-state index in [4.69, 9.17) is 13.9 Å². The fourth-order valence-corrected chi connectivity index (χ4v) is 3.26. The van der Waals surface area contributed by atoms with Crippen molar-refractivity contribution in [3.63, 3.8) is 0 Å². The zero-order valence-electron chi connectivity index (χ0n) is 15.0. The summed E-state index contributed by atoms with van der Waals surface area (Å²) in [5.74, 6) is 1.41. The van der Waals surface area contributed by atoms with E-state index in [2.05, 4.69) is 12.1 Å². The average Bonchev–Trinajstić information content (AvgIpc) is 3.39. The number of rotatable bonds is 7. The van der Waals surface area contributed by atoms with Gasteiger partial charge in [-0.2, -0.15) is 0 Å². The van der Waals surface area contributed by atoms with Crippen molar-refractivity contribution >= 4 is 5.91 Å². The zero-order chi connectivity index (χ0) is 18.5. The standard InChI is InChI=1S/C22H21NO4/c24-22(19-11-13-25-15-19)23(12-5-8-17-6-2-1-3-7-17)14-18-9-4-10-20-21(18)27-16-26-20/h1-4,6-7,9-11,13,15H,5,8,12,14,16H2. The van der Waals surface area contributed by atoms with Crippen molar-refractivity contribution < 1.29 is 18.7 Å². The molecule has 0 unspecified atom stereocenters. The summed E-state index contributed by atoms with van der Waals surface area (Å²) in [4.78, 5) is 14.8. The summed E-state index contributed by atoms with van der Waals surface area (Å²) in [6.07, 6.45) is 4.80. The number of furan rings is 1. The second-order valence-electron chi connectivity index (χ2n) is 6.48. The summed E-state index contributed by atoms with van der Waals surface area (Å²) < 4.78 is 16.1. The molecule has 5 heteroatoms. The van der Waals surface area contributed by atoms with E-state index in [0.717, 1.165) is 29.9 Å². The number of aryl methyl sites for hydroxylation is 1. The van der Waals surface area contributed by atoms with Gasteiger partial charge in [0.1, 0.15) is 6.26 Å². The molecule has 3 aromatic rings. The first-order valence-corrected chi connectivity index (χ1v) is 9.04. The number of carbonyl (C=O) groups excluding carboxylic acids is 1. The van der Waals surface area contributed by atoms with Crippen molar-refractivity contribution in [2.75, 3.05) is 13.3 Å². The molecule has 1 aliphatic heterocycles. The summed E-state index contributed by atoms with van der Waals surface area (Å²) in [6.45, 7) is 1.32. The Labute approximate surface area is 158 Å². The predicted octanol–water partition coefficient (Wildman–Crippen LogP) is 4.28. The Morgan fingerprint density at radius 1 is 1.00 bits per heavy atom. The lowest BCUT2D eigenvalue weighted by molar-refractivity contribution is 0.0739. The monoisotopic (exact) mass is 363 g/mol. The highest BCUT2D eigenvalue weighted by molar-refractivity contribution is 5.93. The third kappa shape index (κ3) is 3.97. The normalized spacial score (nSPS) is 12.1. The number of para-hydroxylation sites is 1. The van der Waals surface area contributed by atoms with E-state index in [1.807, 2.05) is 41.3 Å². The molecule has 1 aromatic heterocycles. The van der Waals surface area contributed by atoms with Crippen molar-refractivity contribution in [3.8, 4) is 11.5 Å². The minimum absolute atomic E-state index is 0.0478. The number of carbonyl (C=O) groups is 1. The molecule has 1 aliphatic rings. The van der Waals surface area contributed by atoms with Gasteiger partial charge in [-0.05, 0) is 30.5 Å². The number of amides is 1. The molecule has 0 bridgehead atoms. The van der Waals surface area contributed by atoms with Crippen LogP contribution in [0.5, 0.6) is 11.5 Å². The van der Waals surface area contributed by atoms with Crippen LogP contribution in [0, 0.1) is 0 Å². The van der Waals surface area contributed by atoms with Crippen LogP contribution in [-0.4, -0.2) is 24.1 Å². The lowest BCUT2D eigenvalue weighted by atomic mass is 10.1. The summed E-state index contributed by atoms with van der Waals surface area (Å²) in [5, 5.41) is 0. The Kier molecular flexibility index (Phi) is 5.10. The van der Waals surface area contributed by atoms with Crippen molar-refractivity contribution in [1.29, 1.82) is 0 Å². The second-order valence-corrected chi connectivity index (χ2v) is 6.48. The molecule has 1 amide bonds. The lowest BCUT2D eigenvalue weighted by Gasteiger charge is -2.23. The molecule has 138 valence electrons. The zero-order valence-corrected chi connectivity index (χ0v) is 15.0. The molecule has 2 heterocycles.